The molecule has 1 N–H and O–H groups in total. The van der Waals surface area contributed by atoms with Gasteiger partial charge in [0.25, 0.3) is 0 Å². The van der Waals surface area contributed by atoms with E-state index in [-0.39, 0.29) is 23.2 Å². The van der Waals surface area contributed by atoms with Gasteiger partial charge in [-0.05, 0) is 19.1 Å². The fraction of sp³-hybridized carbons (Fsp3) is 0.250. The highest BCUT2D eigenvalue weighted by Gasteiger charge is 2.06. The van der Waals surface area contributed by atoms with Gasteiger partial charge in [-0.2, -0.15) is 0 Å². The Morgan fingerprint density at radius 1 is 1.43 bits per heavy atom. The SMILES string of the molecule is CC(=O)CC(=O)Nc1ccc(Cl)nn1. The third-order valence-electron chi connectivity index (χ3n) is 1.31. The number of carbonyl (C=O) groups is 2. The number of ketones is 1. The summed E-state index contributed by atoms with van der Waals surface area (Å²) in [7, 11) is 0. The van der Waals surface area contributed by atoms with Gasteiger partial charge in [0.05, 0.1) is 6.42 Å². The predicted octanol–water partition coefficient (Wildman–Crippen LogP) is 1.05. The fourth-order valence-electron chi connectivity index (χ4n) is 0.796. The van der Waals surface area contributed by atoms with Crippen molar-refractivity contribution >= 4 is 29.1 Å². The van der Waals surface area contributed by atoms with Crippen LogP contribution in [0.1, 0.15) is 13.3 Å². The minimum atomic E-state index is -0.408. The molecule has 0 aliphatic rings. The Morgan fingerprint density at radius 3 is 2.64 bits per heavy atom. The van der Waals surface area contributed by atoms with Crippen LogP contribution in [0, 0.1) is 0 Å². The zero-order valence-corrected chi connectivity index (χ0v) is 8.21. The maximum absolute atomic E-state index is 11.1. The van der Waals surface area contributed by atoms with E-state index in [9.17, 15) is 9.59 Å². The lowest BCUT2D eigenvalue weighted by Crippen LogP contribution is -2.15. The molecule has 74 valence electrons. The summed E-state index contributed by atoms with van der Waals surface area (Å²) in [5, 5.41) is 9.78. The lowest BCUT2D eigenvalue weighted by molar-refractivity contribution is -0.124. The Kier molecular flexibility index (Phi) is 3.53. The van der Waals surface area contributed by atoms with Gasteiger partial charge in [-0.15, -0.1) is 10.2 Å². The largest absolute Gasteiger partial charge is 0.309 e. The van der Waals surface area contributed by atoms with E-state index in [1.165, 1.54) is 19.1 Å². The van der Waals surface area contributed by atoms with Gasteiger partial charge in [-0.3, -0.25) is 9.59 Å². The Bertz CT molecular complexity index is 350. The van der Waals surface area contributed by atoms with Crippen molar-refractivity contribution in [3.63, 3.8) is 0 Å². The van der Waals surface area contributed by atoms with Gasteiger partial charge in [0.1, 0.15) is 5.78 Å². The van der Waals surface area contributed by atoms with Gasteiger partial charge in [-0.1, -0.05) is 11.6 Å². The topological polar surface area (TPSA) is 72.0 Å². The number of amides is 1. The second-order valence-electron chi connectivity index (χ2n) is 2.67. The van der Waals surface area contributed by atoms with Gasteiger partial charge < -0.3 is 5.32 Å². The summed E-state index contributed by atoms with van der Waals surface area (Å²) in [6.07, 6.45) is -0.162. The smallest absolute Gasteiger partial charge is 0.233 e. The molecular weight excluding hydrogens is 206 g/mol. The maximum atomic E-state index is 11.1. The summed E-state index contributed by atoms with van der Waals surface area (Å²) in [6, 6.07) is 3.01. The number of aromatic nitrogens is 2. The van der Waals surface area contributed by atoms with Crippen molar-refractivity contribution in [1.82, 2.24) is 10.2 Å². The molecule has 1 aromatic heterocycles. The minimum absolute atomic E-state index is 0.162. The van der Waals surface area contributed by atoms with E-state index >= 15 is 0 Å². The van der Waals surface area contributed by atoms with E-state index in [2.05, 4.69) is 15.5 Å². The van der Waals surface area contributed by atoms with Crippen LogP contribution < -0.4 is 5.32 Å². The van der Waals surface area contributed by atoms with Gasteiger partial charge >= 0.3 is 0 Å². The molecule has 5 nitrogen and oxygen atoms in total. The number of nitrogens with one attached hydrogen (secondary N) is 1. The molecule has 0 saturated heterocycles. The summed E-state index contributed by atoms with van der Waals surface area (Å²) >= 11 is 5.49. The Hall–Kier alpha value is -1.49. The highest BCUT2D eigenvalue weighted by atomic mass is 35.5. The molecule has 0 aliphatic heterocycles. The summed E-state index contributed by atoms with van der Waals surface area (Å²) in [4.78, 5) is 21.7. The summed E-state index contributed by atoms with van der Waals surface area (Å²) < 4.78 is 0. The predicted molar refractivity (Wildman–Crippen MR) is 51.0 cm³/mol. The molecule has 14 heavy (non-hydrogen) atoms. The van der Waals surface area contributed by atoms with Gasteiger partial charge in [0.2, 0.25) is 5.91 Å². The number of hydrogen-bond acceptors (Lipinski definition) is 4. The summed E-state index contributed by atoms with van der Waals surface area (Å²) in [5.74, 6) is -0.334. The standard InChI is InChI=1S/C8H8ClN3O2/c1-5(13)4-8(14)10-7-3-2-6(9)11-12-7/h2-3H,4H2,1H3,(H,10,12,14). The molecule has 0 aliphatic carbocycles. The first-order valence-corrected chi connectivity index (χ1v) is 4.24. The van der Waals surface area contributed by atoms with E-state index in [4.69, 9.17) is 11.6 Å². The van der Waals surface area contributed by atoms with Crippen molar-refractivity contribution in [3.05, 3.63) is 17.3 Å². The van der Waals surface area contributed by atoms with Crippen LogP contribution in [0.15, 0.2) is 12.1 Å². The quantitative estimate of drug-likeness (QED) is 0.762. The van der Waals surface area contributed by atoms with Crippen LogP contribution in [0.5, 0.6) is 0 Å². The maximum Gasteiger partial charge on any atom is 0.233 e. The molecule has 0 saturated carbocycles. The van der Waals surface area contributed by atoms with Crippen molar-refractivity contribution in [2.24, 2.45) is 0 Å². The highest BCUT2D eigenvalue weighted by molar-refractivity contribution is 6.29. The average Bonchev–Trinajstić information content (AvgIpc) is 2.07. The first-order valence-electron chi connectivity index (χ1n) is 3.86. The third kappa shape index (κ3) is 3.49. The van der Waals surface area contributed by atoms with Crippen LogP contribution in [0.4, 0.5) is 5.82 Å². The summed E-state index contributed by atoms with van der Waals surface area (Å²) in [6.45, 7) is 1.34. The van der Waals surface area contributed by atoms with Gasteiger partial charge in [0, 0.05) is 0 Å². The van der Waals surface area contributed by atoms with E-state index in [0.717, 1.165) is 0 Å². The molecule has 1 rings (SSSR count). The molecule has 0 fully saturated rings. The molecule has 0 unspecified atom stereocenters. The zero-order chi connectivity index (χ0) is 10.6. The molecule has 1 aromatic rings. The average molecular weight is 214 g/mol. The van der Waals surface area contributed by atoms with E-state index in [0.29, 0.717) is 0 Å². The molecule has 0 radical (unpaired) electrons. The molecular formula is C8H8ClN3O2. The molecule has 1 amide bonds. The zero-order valence-electron chi connectivity index (χ0n) is 7.45. The number of rotatable bonds is 3. The molecule has 1 heterocycles. The monoisotopic (exact) mass is 213 g/mol. The van der Waals surface area contributed by atoms with Crippen LogP contribution in [-0.4, -0.2) is 21.9 Å². The number of anilines is 1. The molecule has 0 spiro atoms. The number of hydrogen-bond donors (Lipinski definition) is 1. The summed E-state index contributed by atoms with van der Waals surface area (Å²) in [5.41, 5.74) is 0. The van der Waals surface area contributed by atoms with Gasteiger partial charge in [-0.25, -0.2) is 0 Å². The minimum Gasteiger partial charge on any atom is -0.309 e. The lowest BCUT2D eigenvalue weighted by atomic mass is 10.3. The van der Waals surface area contributed by atoms with Crippen LogP contribution in [0.3, 0.4) is 0 Å². The Labute approximate surface area is 85.5 Å². The fourth-order valence-corrected chi connectivity index (χ4v) is 0.897. The van der Waals surface area contributed by atoms with Crippen molar-refractivity contribution in [3.8, 4) is 0 Å². The number of Topliss-reactive ketones (excluding diaryl/α,β-unsaturated/α-hetero) is 1. The second-order valence-corrected chi connectivity index (χ2v) is 3.06. The number of nitrogens with zero attached hydrogens (tertiary/aromatic N) is 2. The molecule has 6 heteroatoms. The number of carbonyl (C=O) groups excluding carboxylic acids is 2. The number of halogens is 1. The van der Waals surface area contributed by atoms with E-state index < -0.39 is 5.91 Å². The van der Waals surface area contributed by atoms with Gasteiger partial charge in [0.15, 0.2) is 11.0 Å². The molecule has 0 aromatic carbocycles. The van der Waals surface area contributed by atoms with E-state index in [1.54, 1.807) is 0 Å². The van der Waals surface area contributed by atoms with Crippen molar-refractivity contribution < 1.29 is 9.59 Å². The first-order chi connectivity index (χ1) is 6.58. The molecule has 0 atom stereocenters. The third-order valence-corrected chi connectivity index (χ3v) is 1.51. The highest BCUT2D eigenvalue weighted by Crippen LogP contribution is 2.06. The van der Waals surface area contributed by atoms with Crippen LogP contribution in [0.2, 0.25) is 5.15 Å². The molecule has 0 bridgehead atoms. The van der Waals surface area contributed by atoms with Crippen molar-refractivity contribution in [1.29, 1.82) is 0 Å². The van der Waals surface area contributed by atoms with E-state index in [1.807, 2.05) is 0 Å². The van der Waals surface area contributed by atoms with Crippen molar-refractivity contribution in [2.45, 2.75) is 13.3 Å². The lowest BCUT2D eigenvalue weighted by Gasteiger charge is -2.00. The normalized spacial score (nSPS) is 9.57. The van der Waals surface area contributed by atoms with Crippen molar-refractivity contribution in [2.75, 3.05) is 5.32 Å². The Morgan fingerprint density at radius 2 is 2.14 bits per heavy atom. The van der Waals surface area contributed by atoms with Crippen LogP contribution in [-0.2, 0) is 9.59 Å². The van der Waals surface area contributed by atoms with Crippen LogP contribution >= 0.6 is 11.6 Å². The van der Waals surface area contributed by atoms with Crippen LogP contribution in [0.25, 0.3) is 0 Å². The Balaban J connectivity index is 2.56. The second kappa shape index (κ2) is 4.66. The first kappa shape index (κ1) is 10.6.